The number of carbonyl (C=O) groups is 2. The predicted octanol–water partition coefficient (Wildman–Crippen LogP) is 2.00. The number of alkyl halides is 3. The molecule has 1 amide bonds. The molecule has 0 saturated heterocycles. The first kappa shape index (κ1) is 16.0. The van der Waals surface area contributed by atoms with E-state index in [0.717, 1.165) is 6.92 Å². The van der Waals surface area contributed by atoms with Gasteiger partial charge in [-0.25, -0.2) is 0 Å². The summed E-state index contributed by atoms with van der Waals surface area (Å²) >= 11 is 0. The molecule has 0 bridgehead atoms. The second-order valence-corrected chi connectivity index (χ2v) is 4.38. The van der Waals surface area contributed by atoms with E-state index in [1.165, 1.54) is 0 Å². The molecule has 1 aromatic rings. The van der Waals surface area contributed by atoms with E-state index in [0.29, 0.717) is 5.56 Å². The van der Waals surface area contributed by atoms with E-state index in [1.54, 1.807) is 35.6 Å². The van der Waals surface area contributed by atoms with E-state index in [4.69, 9.17) is 5.11 Å². The molecule has 20 heavy (non-hydrogen) atoms. The first-order valence-electron chi connectivity index (χ1n) is 5.84. The summed E-state index contributed by atoms with van der Waals surface area (Å²) in [4.78, 5) is 22.3. The van der Waals surface area contributed by atoms with Crippen LogP contribution in [0.3, 0.4) is 0 Å². The number of rotatable bonds is 5. The van der Waals surface area contributed by atoms with Gasteiger partial charge in [-0.3, -0.25) is 9.59 Å². The molecule has 0 fully saturated rings. The smallest absolute Gasteiger partial charge is 0.409 e. The molecule has 2 N–H and O–H groups in total. The Kier molecular flexibility index (Phi) is 5.12. The molecule has 0 aliphatic rings. The van der Waals surface area contributed by atoms with Crippen molar-refractivity contribution in [3.63, 3.8) is 0 Å². The SMILES string of the molecule is C[C@H](C(=O)O)[C@H](NC(=O)Cc1ccccc1)C(F)(F)F. The van der Waals surface area contributed by atoms with Gasteiger partial charge in [0, 0.05) is 0 Å². The van der Waals surface area contributed by atoms with Gasteiger partial charge in [0.1, 0.15) is 6.04 Å². The summed E-state index contributed by atoms with van der Waals surface area (Å²) in [7, 11) is 0. The molecule has 0 aliphatic carbocycles. The van der Waals surface area contributed by atoms with Gasteiger partial charge < -0.3 is 10.4 Å². The minimum absolute atomic E-state index is 0.236. The van der Waals surface area contributed by atoms with Gasteiger partial charge in [0.25, 0.3) is 0 Å². The van der Waals surface area contributed by atoms with Gasteiger partial charge in [0.05, 0.1) is 12.3 Å². The van der Waals surface area contributed by atoms with Gasteiger partial charge in [0.15, 0.2) is 0 Å². The lowest BCUT2D eigenvalue weighted by Gasteiger charge is -2.24. The molecule has 0 unspecified atom stereocenters. The summed E-state index contributed by atoms with van der Waals surface area (Å²) in [5.41, 5.74) is 0.550. The van der Waals surface area contributed by atoms with E-state index in [9.17, 15) is 22.8 Å². The van der Waals surface area contributed by atoms with Gasteiger partial charge in [-0.15, -0.1) is 0 Å². The molecular weight excluding hydrogens is 275 g/mol. The third-order valence-corrected chi connectivity index (χ3v) is 2.77. The van der Waals surface area contributed by atoms with Gasteiger partial charge in [-0.1, -0.05) is 30.3 Å². The topological polar surface area (TPSA) is 66.4 Å². The summed E-state index contributed by atoms with van der Waals surface area (Å²) in [5, 5.41) is 10.4. The van der Waals surface area contributed by atoms with Crippen LogP contribution in [-0.4, -0.2) is 29.2 Å². The molecule has 7 heteroatoms. The number of hydrogen-bond acceptors (Lipinski definition) is 2. The number of benzene rings is 1. The molecule has 0 radical (unpaired) electrons. The number of amides is 1. The Morgan fingerprint density at radius 2 is 1.80 bits per heavy atom. The lowest BCUT2D eigenvalue weighted by molar-refractivity contribution is -0.179. The largest absolute Gasteiger partial charge is 0.481 e. The van der Waals surface area contributed by atoms with Crippen LogP contribution in [0.4, 0.5) is 13.2 Å². The molecule has 0 saturated carbocycles. The third-order valence-electron chi connectivity index (χ3n) is 2.77. The lowest BCUT2D eigenvalue weighted by atomic mass is 10.0. The lowest BCUT2D eigenvalue weighted by Crippen LogP contribution is -2.51. The van der Waals surface area contributed by atoms with Gasteiger partial charge in [0.2, 0.25) is 5.91 Å². The second-order valence-electron chi connectivity index (χ2n) is 4.38. The van der Waals surface area contributed by atoms with E-state index >= 15 is 0 Å². The molecular formula is C13H14F3NO3. The number of halogens is 3. The van der Waals surface area contributed by atoms with Crippen molar-refractivity contribution in [3.8, 4) is 0 Å². The van der Waals surface area contributed by atoms with E-state index in [1.807, 2.05) is 0 Å². The second kappa shape index (κ2) is 6.40. The highest BCUT2D eigenvalue weighted by Crippen LogP contribution is 2.26. The summed E-state index contributed by atoms with van der Waals surface area (Å²) in [5.74, 6) is -4.24. The Morgan fingerprint density at radius 1 is 1.25 bits per heavy atom. The fourth-order valence-corrected chi connectivity index (χ4v) is 1.64. The van der Waals surface area contributed by atoms with Crippen molar-refractivity contribution < 1.29 is 27.9 Å². The first-order valence-corrected chi connectivity index (χ1v) is 5.84. The first-order chi connectivity index (χ1) is 9.21. The molecule has 0 aliphatic heterocycles. The standard InChI is InChI=1S/C13H14F3NO3/c1-8(12(19)20)11(13(14,15)16)17-10(18)7-9-5-3-2-4-6-9/h2-6,8,11H,7H2,1H3,(H,17,18)(H,19,20)/t8-,11-/m0/s1. The monoisotopic (exact) mass is 289 g/mol. The minimum atomic E-state index is -4.82. The fourth-order valence-electron chi connectivity index (χ4n) is 1.64. The summed E-state index contributed by atoms with van der Waals surface area (Å²) in [6.45, 7) is 0.906. The molecule has 2 atom stereocenters. The van der Waals surface area contributed by atoms with Gasteiger partial charge in [-0.2, -0.15) is 13.2 Å². The van der Waals surface area contributed by atoms with Crippen molar-refractivity contribution in [1.82, 2.24) is 5.32 Å². The van der Waals surface area contributed by atoms with E-state index in [-0.39, 0.29) is 6.42 Å². The Morgan fingerprint density at radius 3 is 2.25 bits per heavy atom. The van der Waals surface area contributed by atoms with Crippen LogP contribution in [0.2, 0.25) is 0 Å². The van der Waals surface area contributed by atoms with Crippen molar-refractivity contribution in [2.75, 3.05) is 0 Å². The predicted molar refractivity (Wildman–Crippen MR) is 64.9 cm³/mol. The number of carboxylic acids is 1. The van der Waals surface area contributed by atoms with Crippen LogP contribution >= 0.6 is 0 Å². The van der Waals surface area contributed by atoms with Crippen LogP contribution in [0.1, 0.15) is 12.5 Å². The fraction of sp³-hybridized carbons (Fsp3) is 0.385. The number of carbonyl (C=O) groups excluding carboxylic acids is 1. The van der Waals surface area contributed by atoms with Crippen molar-refractivity contribution in [2.24, 2.45) is 5.92 Å². The average Bonchev–Trinajstić information content (AvgIpc) is 2.35. The molecule has 4 nitrogen and oxygen atoms in total. The normalized spacial score (nSPS) is 14.4. The third kappa shape index (κ3) is 4.56. The highest BCUT2D eigenvalue weighted by atomic mass is 19.4. The summed E-state index contributed by atoms with van der Waals surface area (Å²) < 4.78 is 38.3. The van der Waals surface area contributed by atoms with Gasteiger partial charge in [-0.05, 0) is 12.5 Å². The maximum Gasteiger partial charge on any atom is 0.409 e. The number of carboxylic acid groups (broad SMARTS) is 1. The molecule has 1 rings (SSSR count). The summed E-state index contributed by atoms with van der Waals surface area (Å²) in [6.07, 6.45) is -5.05. The van der Waals surface area contributed by atoms with Crippen LogP contribution in [-0.2, 0) is 16.0 Å². The number of nitrogens with one attached hydrogen (secondary N) is 1. The summed E-state index contributed by atoms with van der Waals surface area (Å²) in [6, 6.07) is 5.82. The van der Waals surface area contributed by atoms with Crippen LogP contribution in [0.25, 0.3) is 0 Å². The number of hydrogen-bond donors (Lipinski definition) is 2. The Balaban J connectivity index is 2.75. The van der Waals surface area contributed by atoms with Crippen molar-refractivity contribution in [1.29, 1.82) is 0 Å². The van der Waals surface area contributed by atoms with Crippen molar-refractivity contribution in [2.45, 2.75) is 25.6 Å². The molecule has 110 valence electrons. The Labute approximate surface area is 113 Å². The maximum atomic E-state index is 12.8. The molecule has 0 heterocycles. The van der Waals surface area contributed by atoms with Crippen molar-refractivity contribution >= 4 is 11.9 Å². The maximum absolute atomic E-state index is 12.8. The average molecular weight is 289 g/mol. The zero-order valence-electron chi connectivity index (χ0n) is 10.6. The molecule has 1 aromatic carbocycles. The minimum Gasteiger partial charge on any atom is -0.481 e. The molecule has 0 aromatic heterocycles. The van der Waals surface area contributed by atoms with Crippen LogP contribution < -0.4 is 5.32 Å². The highest BCUT2D eigenvalue weighted by molar-refractivity contribution is 5.80. The van der Waals surface area contributed by atoms with Crippen molar-refractivity contribution in [3.05, 3.63) is 35.9 Å². The van der Waals surface area contributed by atoms with E-state index in [2.05, 4.69) is 0 Å². The number of aliphatic carboxylic acids is 1. The zero-order valence-corrected chi connectivity index (χ0v) is 10.6. The Bertz CT molecular complexity index is 473. The zero-order chi connectivity index (χ0) is 15.3. The van der Waals surface area contributed by atoms with Crippen LogP contribution in [0.5, 0.6) is 0 Å². The van der Waals surface area contributed by atoms with E-state index < -0.39 is 30.0 Å². The Hall–Kier alpha value is -2.05. The molecule has 0 spiro atoms. The van der Waals surface area contributed by atoms with Crippen LogP contribution in [0, 0.1) is 5.92 Å². The van der Waals surface area contributed by atoms with Gasteiger partial charge >= 0.3 is 12.1 Å². The van der Waals surface area contributed by atoms with Crippen LogP contribution in [0.15, 0.2) is 30.3 Å². The highest BCUT2D eigenvalue weighted by Gasteiger charge is 2.46. The quantitative estimate of drug-likeness (QED) is 0.871.